The van der Waals surface area contributed by atoms with Crippen molar-refractivity contribution in [2.75, 3.05) is 9.80 Å². The Kier molecular flexibility index (Phi) is 14.7. The zero-order valence-electron chi connectivity index (χ0n) is 66.2. The Morgan fingerprint density at radius 2 is 0.458 bits per heavy atom. The molecule has 4 aliphatic carbocycles. The Hall–Kier alpha value is -14.4. The lowest BCUT2D eigenvalue weighted by Crippen LogP contribution is -2.41. The summed E-state index contributed by atoms with van der Waals surface area (Å²) in [7, 11) is 0. The van der Waals surface area contributed by atoms with Crippen LogP contribution in [0.5, 0.6) is 0 Å². The van der Waals surface area contributed by atoms with Crippen molar-refractivity contribution in [3.05, 3.63) is 479 Å². The highest BCUT2D eigenvalue weighted by Gasteiger charge is 2.57. The fourth-order valence-electron chi connectivity index (χ4n) is 22.5. The summed E-state index contributed by atoms with van der Waals surface area (Å²) < 4.78 is 0. The number of nitrogens with zero attached hydrogens (tertiary/aromatic N) is 2. The van der Waals surface area contributed by atoms with Gasteiger partial charge in [-0.1, -0.05) is 361 Å². The SMILES string of the molecule is CC1(C)c2ccccc2C2(c3ccccc3-c3cccc(N(c4ccc(-c5cccc(-c6ccccc6)c5)cc4)c4ccc5c6cc(-c7ccc8c9ccc(N(c%10ccccc%10)c%10cccc%11c%10C(C)(C)c%10ccccc%10C%11%10c%11ccccc%11-c%11ccccc%11%10)cc9c9ccccc9c8c7)ccc6c6ccccc6c5c4)c32)c2ccccc21. The second-order valence-electron chi connectivity index (χ2n) is 34.0. The first-order valence-electron chi connectivity index (χ1n) is 41.6. The number of anilines is 6. The molecule has 4 aliphatic rings. The predicted octanol–water partition coefficient (Wildman–Crippen LogP) is 30.6. The van der Waals surface area contributed by atoms with E-state index < -0.39 is 10.8 Å². The lowest BCUT2D eigenvalue weighted by atomic mass is 9.55. The molecule has 118 heavy (non-hydrogen) atoms. The van der Waals surface area contributed by atoms with Crippen LogP contribution in [0.2, 0.25) is 0 Å². The highest BCUT2D eigenvalue weighted by molar-refractivity contribution is 6.28. The molecule has 0 N–H and O–H groups in total. The standard InChI is InChI=1S/C116H80N2/c1-113(2)102-47-21-25-51-106(102)116(107-52-26-22-48-103(107)113)101-46-20-17-42-93(101)94-43-28-54-109(111(94)116)118(80-60-56-74(57-61-80)76-33-27-32-75(68-76)73-30-7-5-8-31-73)82-63-67-90-96-70-78(58-64-87(96)83-36-11-12-37-84(83)98(90)72-82)77-59-65-88-89-66-62-81(71-97(89)86-39-14-13-38-85(86)95(88)69-77)117(79-34-9-6-10-35-79)110-55-29-53-108-112(110)114(3,4)104-49-23-24-50-105(104)115(108)99-44-18-15-40-91(99)92-41-16-19-45-100(92)115/h5-72H,1-4H3. The number of rotatable bonds is 9. The second kappa shape index (κ2) is 25.5. The molecule has 0 aromatic heterocycles. The van der Waals surface area contributed by atoms with Crippen LogP contribution in [-0.2, 0) is 21.7 Å². The van der Waals surface area contributed by atoms with Gasteiger partial charge in [-0.25, -0.2) is 0 Å². The first-order valence-corrected chi connectivity index (χ1v) is 41.6. The summed E-state index contributed by atoms with van der Waals surface area (Å²) in [5.74, 6) is 0. The maximum atomic E-state index is 2.58. The average molecular weight is 1500 g/mol. The van der Waals surface area contributed by atoms with Gasteiger partial charge in [0.25, 0.3) is 0 Å². The van der Waals surface area contributed by atoms with E-state index in [1.165, 1.54) is 187 Å². The van der Waals surface area contributed by atoms with Crippen molar-refractivity contribution in [3.8, 4) is 55.6 Å². The first-order chi connectivity index (χ1) is 58.1. The van der Waals surface area contributed by atoms with Crippen LogP contribution in [0, 0.1) is 0 Å². The third-order valence-corrected chi connectivity index (χ3v) is 27.5. The Morgan fingerprint density at radius 3 is 0.975 bits per heavy atom. The van der Waals surface area contributed by atoms with E-state index in [1.807, 2.05) is 0 Å². The van der Waals surface area contributed by atoms with Crippen LogP contribution >= 0.6 is 0 Å². The average Bonchev–Trinajstić information content (AvgIpc) is 1.45. The quantitative estimate of drug-likeness (QED) is 0.133. The van der Waals surface area contributed by atoms with Gasteiger partial charge in [-0.05, 0) is 260 Å². The van der Waals surface area contributed by atoms with E-state index in [9.17, 15) is 0 Å². The van der Waals surface area contributed by atoms with Gasteiger partial charge in [0.05, 0.1) is 22.2 Å². The van der Waals surface area contributed by atoms with Gasteiger partial charge < -0.3 is 9.80 Å². The summed E-state index contributed by atoms with van der Waals surface area (Å²) in [4.78, 5) is 5.13. The minimum absolute atomic E-state index is 0.252. The van der Waals surface area contributed by atoms with Gasteiger partial charge in [0.2, 0.25) is 0 Å². The Balaban J connectivity index is 0.667. The Morgan fingerprint density at radius 1 is 0.161 bits per heavy atom. The minimum atomic E-state index is -0.647. The van der Waals surface area contributed by atoms with Gasteiger partial charge in [0.15, 0.2) is 0 Å². The van der Waals surface area contributed by atoms with E-state index in [0.29, 0.717) is 0 Å². The molecule has 0 amide bonds. The molecule has 0 heterocycles. The molecule has 20 aromatic carbocycles. The van der Waals surface area contributed by atoms with E-state index in [0.717, 1.165) is 34.0 Å². The zero-order chi connectivity index (χ0) is 78.3. The fraction of sp³-hybridized carbons (Fsp3) is 0.0690. The van der Waals surface area contributed by atoms with Crippen molar-refractivity contribution in [3.63, 3.8) is 0 Å². The summed E-state index contributed by atoms with van der Waals surface area (Å²) in [6.07, 6.45) is 0. The number of hydrogen-bond donors (Lipinski definition) is 0. The third kappa shape index (κ3) is 9.46. The summed E-state index contributed by atoms with van der Waals surface area (Å²) >= 11 is 0. The van der Waals surface area contributed by atoms with Crippen LogP contribution in [-0.4, -0.2) is 0 Å². The summed E-state index contributed by atoms with van der Waals surface area (Å²) in [5, 5.41) is 14.7. The highest BCUT2D eigenvalue weighted by Crippen LogP contribution is 2.67. The molecule has 0 bridgehead atoms. The van der Waals surface area contributed by atoms with Crippen molar-refractivity contribution in [2.24, 2.45) is 0 Å². The molecule has 0 atom stereocenters. The molecule has 0 unspecified atom stereocenters. The normalized spacial score (nSPS) is 14.4. The van der Waals surface area contributed by atoms with Crippen molar-refractivity contribution >= 4 is 98.8 Å². The largest absolute Gasteiger partial charge is 0.310 e. The van der Waals surface area contributed by atoms with E-state index in [4.69, 9.17) is 0 Å². The van der Waals surface area contributed by atoms with Gasteiger partial charge in [-0.3, -0.25) is 0 Å². The Labute approximate surface area is 688 Å². The van der Waals surface area contributed by atoms with Gasteiger partial charge in [-0.2, -0.15) is 0 Å². The second-order valence-corrected chi connectivity index (χ2v) is 34.0. The van der Waals surface area contributed by atoms with E-state index in [-0.39, 0.29) is 10.8 Å². The molecule has 0 aliphatic heterocycles. The fourth-order valence-corrected chi connectivity index (χ4v) is 22.5. The molecule has 0 saturated carbocycles. The molecule has 20 aromatic rings. The van der Waals surface area contributed by atoms with Crippen molar-refractivity contribution in [1.29, 1.82) is 0 Å². The number of fused-ring (bicyclic) bond motifs is 30. The van der Waals surface area contributed by atoms with E-state index in [1.54, 1.807) is 0 Å². The molecular formula is C116H80N2. The van der Waals surface area contributed by atoms with Crippen LogP contribution < -0.4 is 9.80 Å². The molecule has 0 fully saturated rings. The molecule has 554 valence electrons. The van der Waals surface area contributed by atoms with Crippen molar-refractivity contribution in [1.82, 2.24) is 0 Å². The number of hydrogen-bond acceptors (Lipinski definition) is 2. The lowest BCUT2D eigenvalue weighted by molar-refractivity contribution is 0.563. The first kappa shape index (κ1) is 68.0. The summed E-state index contributed by atoms with van der Waals surface area (Å²) in [6.45, 7) is 9.73. The van der Waals surface area contributed by atoms with Crippen molar-refractivity contribution in [2.45, 2.75) is 49.4 Å². The molecular weight excluding hydrogens is 1420 g/mol. The molecule has 24 rings (SSSR count). The van der Waals surface area contributed by atoms with E-state index in [2.05, 4.69) is 450 Å². The number of benzene rings is 20. The van der Waals surface area contributed by atoms with Crippen LogP contribution in [0.1, 0.15) is 94.5 Å². The van der Waals surface area contributed by atoms with E-state index >= 15 is 0 Å². The van der Waals surface area contributed by atoms with Crippen LogP contribution in [0.3, 0.4) is 0 Å². The molecule has 2 spiro atoms. The minimum Gasteiger partial charge on any atom is -0.310 e. The zero-order valence-corrected chi connectivity index (χ0v) is 66.2. The van der Waals surface area contributed by atoms with Crippen LogP contribution in [0.4, 0.5) is 34.1 Å². The molecule has 2 heteroatoms. The maximum absolute atomic E-state index is 2.58. The van der Waals surface area contributed by atoms with Gasteiger partial charge in [0, 0.05) is 39.1 Å². The highest BCUT2D eigenvalue weighted by atomic mass is 15.2. The Bertz CT molecular complexity index is 7510. The third-order valence-electron chi connectivity index (χ3n) is 27.5. The molecule has 0 saturated heterocycles. The predicted molar refractivity (Wildman–Crippen MR) is 496 cm³/mol. The van der Waals surface area contributed by atoms with Gasteiger partial charge in [-0.15, -0.1) is 0 Å². The smallest absolute Gasteiger partial charge is 0.0740 e. The van der Waals surface area contributed by atoms with Gasteiger partial charge >= 0.3 is 0 Å². The topological polar surface area (TPSA) is 6.48 Å². The molecule has 0 radical (unpaired) electrons. The van der Waals surface area contributed by atoms with Crippen LogP contribution in [0.15, 0.2) is 413 Å². The number of para-hydroxylation sites is 1. The monoisotopic (exact) mass is 1500 g/mol. The van der Waals surface area contributed by atoms with Crippen LogP contribution in [0.25, 0.3) is 120 Å². The maximum Gasteiger partial charge on any atom is 0.0740 e. The van der Waals surface area contributed by atoms with Crippen molar-refractivity contribution < 1.29 is 0 Å². The lowest BCUT2D eigenvalue weighted by Gasteiger charge is -2.48. The summed E-state index contributed by atoms with van der Waals surface area (Å²) in [5.41, 5.74) is 33.2. The molecule has 2 nitrogen and oxygen atoms in total. The summed E-state index contributed by atoms with van der Waals surface area (Å²) in [6, 6.07) is 157. The van der Waals surface area contributed by atoms with Gasteiger partial charge in [0.1, 0.15) is 0 Å².